The van der Waals surface area contributed by atoms with E-state index in [0.717, 1.165) is 0 Å². The Morgan fingerprint density at radius 3 is 1.40 bits per heavy atom. The maximum absolute atomic E-state index is 2.62. The lowest BCUT2D eigenvalue weighted by Gasteiger charge is -2.30. The Bertz CT molecular complexity index is 2960. The number of hydrogen-bond acceptors (Lipinski definition) is 3. The molecule has 6 aliphatic rings. The van der Waals surface area contributed by atoms with E-state index in [1.54, 1.807) is 0 Å². The van der Waals surface area contributed by atoms with Gasteiger partial charge in [-0.05, 0) is 134 Å². The zero-order chi connectivity index (χ0) is 44.8. The van der Waals surface area contributed by atoms with Crippen LogP contribution >= 0.6 is 0 Å². The Kier molecular flexibility index (Phi) is 9.23. The molecule has 0 radical (unpaired) electrons. The average Bonchev–Trinajstić information content (AvgIpc) is 3.98. The number of benzene rings is 6. The number of fused-ring (bicyclic) bond motifs is 14. The van der Waals surface area contributed by atoms with Crippen LogP contribution in [0.4, 0.5) is 0 Å². The van der Waals surface area contributed by atoms with E-state index in [2.05, 4.69) is 242 Å². The van der Waals surface area contributed by atoms with Crippen molar-refractivity contribution in [1.82, 2.24) is 14.7 Å². The maximum atomic E-state index is 2.62. The Morgan fingerprint density at radius 2 is 0.810 bits per heavy atom. The highest BCUT2D eigenvalue weighted by molar-refractivity contribution is 6.12. The third-order valence-electron chi connectivity index (χ3n) is 17.0. The molecular formula is C57H69N6+3. The lowest BCUT2D eigenvalue weighted by Crippen LogP contribution is -2.44. The van der Waals surface area contributed by atoms with Gasteiger partial charge in [0.25, 0.3) is 17.5 Å². The summed E-state index contributed by atoms with van der Waals surface area (Å²) in [5.41, 5.74) is 8.85. The number of rotatable bonds is 0. The molecule has 0 fully saturated rings. The van der Waals surface area contributed by atoms with E-state index in [4.69, 9.17) is 0 Å². The topological polar surface area (TPSA) is 18.8 Å². The lowest BCUT2D eigenvalue weighted by molar-refractivity contribution is -0.526. The molecule has 0 spiro atoms. The molecule has 6 aromatic rings. The van der Waals surface area contributed by atoms with Gasteiger partial charge in [-0.2, -0.15) is 0 Å². The van der Waals surface area contributed by atoms with Crippen LogP contribution in [0.1, 0.15) is 116 Å². The van der Waals surface area contributed by atoms with Gasteiger partial charge < -0.3 is 0 Å². The molecule has 6 heterocycles. The summed E-state index contributed by atoms with van der Waals surface area (Å²) in [6.07, 6.45) is 0. The minimum atomic E-state index is 0.0456. The Balaban J connectivity index is 0.000000112. The van der Waals surface area contributed by atoms with Gasteiger partial charge in [-0.3, -0.25) is 13.7 Å². The summed E-state index contributed by atoms with van der Waals surface area (Å²) in [6.45, 7) is 28.2. The normalized spacial score (nSPS) is 26.4. The number of nitrogens with zero attached hydrogens (tertiary/aromatic N) is 6. The summed E-state index contributed by atoms with van der Waals surface area (Å²) in [6, 6.07) is 43.4. The third kappa shape index (κ3) is 5.58. The first-order chi connectivity index (χ1) is 29.8. The molecule has 6 atom stereocenters. The highest BCUT2D eigenvalue weighted by Crippen LogP contribution is 2.49. The zero-order valence-electron chi connectivity index (χ0n) is 40.5. The zero-order valence-corrected chi connectivity index (χ0v) is 40.5. The van der Waals surface area contributed by atoms with Gasteiger partial charge in [0.2, 0.25) is 0 Å². The molecule has 0 saturated heterocycles. The van der Waals surface area contributed by atoms with Gasteiger partial charge in [-0.25, -0.2) is 14.7 Å². The van der Waals surface area contributed by atoms with Gasteiger partial charge in [0, 0.05) is 16.7 Å². The van der Waals surface area contributed by atoms with E-state index in [9.17, 15) is 0 Å². The molecule has 0 aromatic heterocycles. The van der Waals surface area contributed by atoms with Crippen molar-refractivity contribution in [1.29, 1.82) is 0 Å². The smallest absolute Gasteiger partial charge is 0.257 e. The first-order valence-corrected chi connectivity index (χ1v) is 23.6. The monoisotopic (exact) mass is 838 g/mol. The van der Waals surface area contributed by atoms with Crippen molar-refractivity contribution >= 4 is 49.8 Å². The molecule has 12 rings (SSSR count). The Morgan fingerprint density at radius 1 is 0.397 bits per heavy atom. The fourth-order valence-electron chi connectivity index (χ4n) is 13.0. The SMILES string of the molecule is CC1C(C)[N+](C)=C2c3c(ccc4ccccc34)C(C)(C)N21.CC1C(C)[N+](C)=C2c3cc4ccccc4cc3C(C)(C)N21.CC1C(C)[N+](C)=C2c3ccc4ccccc4c3C(C)(C)N21. The fraction of sp³-hybridized carbons (Fsp3) is 0.421. The van der Waals surface area contributed by atoms with Gasteiger partial charge in [-0.15, -0.1) is 0 Å². The van der Waals surface area contributed by atoms with Crippen LogP contribution in [0.25, 0.3) is 32.3 Å². The standard InChI is InChI=1S/3C19H23N2/c1-12-13(2)21-18(20(12)5)16-10-14-8-6-7-9-15(14)11-17(16)19(21,3)4;1-12-13(2)21-18(20(12)5)17-15-9-7-6-8-14(15)10-11-16(17)19(21,3)4;1-12-13(2)21-18(20(12)5)16-11-10-14-8-6-7-9-15(14)17(16)19(21,3)4/h3*6-13H,1-5H3/q3*+1. The van der Waals surface area contributed by atoms with Crippen molar-refractivity contribution in [2.75, 3.05) is 21.1 Å². The van der Waals surface area contributed by atoms with E-state index >= 15 is 0 Å². The first kappa shape index (κ1) is 41.5. The summed E-state index contributed by atoms with van der Waals surface area (Å²) in [5, 5.41) is 8.14. The summed E-state index contributed by atoms with van der Waals surface area (Å²) in [4.78, 5) is 7.85. The molecule has 63 heavy (non-hydrogen) atoms. The highest BCUT2D eigenvalue weighted by atomic mass is 15.4. The van der Waals surface area contributed by atoms with Crippen LogP contribution in [0.3, 0.4) is 0 Å². The molecule has 0 aliphatic carbocycles. The predicted octanol–water partition coefficient (Wildman–Crippen LogP) is 10.7. The fourth-order valence-corrected chi connectivity index (χ4v) is 13.0. The maximum Gasteiger partial charge on any atom is 0.281 e. The highest BCUT2D eigenvalue weighted by Gasteiger charge is 2.59. The molecule has 6 aliphatic heterocycles. The molecule has 6 nitrogen and oxygen atoms in total. The molecule has 6 aromatic carbocycles. The molecule has 0 amide bonds. The van der Waals surface area contributed by atoms with Crippen molar-refractivity contribution in [3.05, 3.63) is 143 Å². The first-order valence-electron chi connectivity index (χ1n) is 23.6. The van der Waals surface area contributed by atoms with Gasteiger partial charge in [0.1, 0.15) is 52.9 Å². The van der Waals surface area contributed by atoms with E-state index < -0.39 is 0 Å². The Labute approximate surface area is 376 Å². The minimum Gasteiger partial charge on any atom is -0.257 e. The number of amidine groups is 3. The van der Waals surface area contributed by atoms with E-state index in [0.29, 0.717) is 36.3 Å². The van der Waals surface area contributed by atoms with Crippen molar-refractivity contribution in [2.45, 2.75) is 136 Å². The summed E-state index contributed by atoms with van der Waals surface area (Å²) in [5.74, 6) is 4.22. The van der Waals surface area contributed by atoms with E-state index in [1.165, 1.54) is 83.2 Å². The van der Waals surface area contributed by atoms with Crippen LogP contribution < -0.4 is 0 Å². The van der Waals surface area contributed by atoms with Crippen LogP contribution in [0.2, 0.25) is 0 Å². The van der Waals surface area contributed by atoms with Gasteiger partial charge in [0.15, 0.2) is 0 Å². The van der Waals surface area contributed by atoms with Crippen LogP contribution in [0.15, 0.2) is 109 Å². The van der Waals surface area contributed by atoms with E-state index in [1.807, 2.05) is 0 Å². The van der Waals surface area contributed by atoms with E-state index in [-0.39, 0.29) is 16.6 Å². The third-order valence-corrected chi connectivity index (χ3v) is 17.0. The van der Waals surface area contributed by atoms with Crippen LogP contribution in [0.5, 0.6) is 0 Å². The van der Waals surface area contributed by atoms with Crippen molar-refractivity contribution in [2.24, 2.45) is 0 Å². The van der Waals surface area contributed by atoms with Crippen LogP contribution in [0, 0.1) is 0 Å². The van der Waals surface area contributed by atoms with Gasteiger partial charge >= 0.3 is 0 Å². The molecule has 324 valence electrons. The number of likely N-dealkylation sites (N-methyl/N-ethyl adjacent to an activating group) is 3. The summed E-state index contributed by atoms with van der Waals surface area (Å²) < 4.78 is 7.37. The van der Waals surface area contributed by atoms with Crippen molar-refractivity contribution < 1.29 is 13.7 Å². The predicted molar refractivity (Wildman–Crippen MR) is 264 cm³/mol. The summed E-state index contributed by atoms with van der Waals surface area (Å²) in [7, 11) is 6.71. The van der Waals surface area contributed by atoms with Crippen molar-refractivity contribution in [3.8, 4) is 0 Å². The average molecular weight is 838 g/mol. The lowest BCUT2D eigenvalue weighted by atomic mass is 9.87. The summed E-state index contributed by atoms with van der Waals surface area (Å²) >= 11 is 0. The van der Waals surface area contributed by atoms with Crippen molar-refractivity contribution in [3.63, 3.8) is 0 Å². The molecular weight excluding hydrogens is 769 g/mol. The van der Waals surface area contributed by atoms with Gasteiger partial charge in [-0.1, -0.05) is 91.0 Å². The number of hydrogen-bond donors (Lipinski definition) is 0. The molecule has 0 N–H and O–H groups in total. The van der Waals surface area contributed by atoms with Gasteiger partial charge in [0.05, 0.1) is 37.8 Å². The molecule has 6 heteroatoms. The molecule has 0 bridgehead atoms. The Hall–Kier alpha value is -5.49. The second-order valence-electron chi connectivity index (χ2n) is 21.2. The molecule has 0 saturated carbocycles. The van der Waals surface area contributed by atoms with Crippen LogP contribution in [-0.4, -0.2) is 103 Å². The quantitative estimate of drug-likeness (QED) is 0.142. The molecule has 6 unspecified atom stereocenters. The minimum absolute atomic E-state index is 0.0456. The van der Waals surface area contributed by atoms with Crippen LogP contribution in [-0.2, 0) is 16.6 Å². The largest absolute Gasteiger partial charge is 0.281 e. The second-order valence-corrected chi connectivity index (χ2v) is 21.2. The second kappa shape index (κ2) is 14.0.